The average Bonchev–Trinajstić information content (AvgIpc) is 2.98. The van der Waals surface area contributed by atoms with Gasteiger partial charge in [-0.3, -0.25) is 9.59 Å². The molecule has 0 aliphatic carbocycles. The van der Waals surface area contributed by atoms with Crippen LogP contribution in [0, 0.1) is 0 Å². The van der Waals surface area contributed by atoms with Gasteiger partial charge in [0, 0.05) is 12.8 Å². The fraction of sp³-hybridized carbons (Fsp3) is 0.778. The molecule has 6 heteroatoms. The predicted octanol–water partition coefficient (Wildman–Crippen LogP) is 9.09. The van der Waals surface area contributed by atoms with Gasteiger partial charge in [0.15, 0.2) is 0 Å². The van der Waals surface area contributed by atoms with Crippen LogP contribution in [-0.2, 0) is 19.1 Å². The van der Waals surface area contributed by atoms with E-state index in [4.69, 9.17) is 9.47 Å². The number of carbonyl (C=O) groups excluding carboxylic acids is 2. The third kappa shape index (κ3) is 31.0. The van der Waals surface area contributed by atoms with Gasteiger partial charge in [-0.05, 0) is 38.5 Å². The minimum Gasteiger partial charge on any atom is -0.463 e. The van der Waals surface area contributed by atoms with Gasteiger partial charge in [0.25, 0.3) is 0 Å². The van der Waals surface area contributed by atoms with E-state index in [-0.39, 0.29) is 25.6 Å². The lowest BCUT2D eigenvalue weighted by molar-refractivity contribution is -0.152. The maximum absolute atomic E-state index is 11.9. The lowest BCUT2D eigenvalue weighted by Gasteiger charge is -2.12. The van der Waals surface area contributed by atoms with Crippen LogP contribution in [-0.4, -0.2) is 47.6 Å². The number of ether oxygens (including phenoxy) is 2. The van der Waals surface area contributed by atoms with Gasteiger partial charge in [0.1, 0.15) is 19.3 Å². The fourth-order valence-corrected chi connectivity index (χ4v) is 4.56. The normalized spacial score (nSPS) is 13.3. The molecule has 0 radical (unpaired) electrons. The lowest BCUT2D eigenvalue weighted by atomic mass is 10.1. The minimum absolute atomic E-state index is 0.162. The van der Waals surface area contributed by atoms with Crippen molar-refractivity contribution in [1.29, 1.82) is 0 Å². The number of aliphatic hydroxyl groups excluding tert-OH is 2. The van der Waals surface area contributed by atoms with E-state index in [0.717, 1.165) is 32.1 Å². The van der Waals surface area contributed by atoms with Crippen molar-refractivity contribution in [3.05, 3.63) is 36.5 Å². The van der Waals surface area contributed by atoms with Crippen LogP contribution in [0.3, 0.4) is 0 Å². The zero-order chi connectivity index (χ0) is 30.9. The molecule has 6 nitrogen and oxygen atoms in total. The Morgan fingerprint density at radius 1 is 0.595 bits per heavy atom. The fourth-order valence-electron chi connectivity index (χ4n) is 4.56. The second-order valence-electron chi connectivity index (χ2n) is 11.5. The molecule has 0 aromatic heterocycles. The van der Waals surface area contributed by atoms with E-state index in [0.29, 0.717) is 19.3 Å². The molecule has 0 amide bonds. The zero-order valence-corrected chi connectivity index (χ0v) is 27.1. The van der Waals surface area contributed by atoms with Gasteiger partial charge in [-0.2, -0.15) is 0 Å². The van der Waals surface area contributed by atoms with Crippen molar-refractivity contribution in [2.24, 2.45) is 0 Å². The molecule has 0 fully saturated rings. The highest BCUT2D eigenvalue weighted by Crippen LogP contribution is 2.12. The highest BCUT2D eigenvalue weighted by Gasteiger charge is 2.12. The Morgan fingerprint density at radius 3 is 1.67 bits per heavy atom. The van der Waals surface area contributed by atoms with Crippen LogP contribution >= 0.6 is 0 Å². The van der Waals surface area contributed by atoms with Crippen LogP contribution in [0.4, 0.5) is 0 Å². The van der Waals surface area contributed by atoms with Gasteiger partial charge in [0.2, 0.25) is 0 Å². The second kappa shape index (κ2) is 32.0. The first kappa shape index (κ1) is 40.1. The van der Waals surface area contributed by atoms with E-state index in [9.17, 15) is 19.8 Å². The van der Waals surface area contributed by atoms with Gasteiger partial charge < -0.3 is 19.7 Å². The molecule has 0 saturated carbocycles. The molecule has 42 heavy (non-hydrogen) atoms. The summed E-state index contributed by atoms with van der Waals surface area (Å²) in [6.07, 6.45) is 33.7. The summed E-state index contributed by atoms with van der Waals surface area (Å²) in [6, 6.07) is 0. The molecule has 0 aromatic carbocycles. The number of hydrogen-bond donors (Lipinski definition) is 2. The molecule has 2 atom stereocenters. The Morgan fingerprint density at radius 2 is 1.10 bits per heavy atom. The number of esters is 2. The molecule has 0 aliphatic rings. The molecule has 0 bridgehead atoms. The Hall–Kier alpha value is -1.92. The molecule has 0 spiro atoms. The molecule has 0 aliphatic heterocycles. The monoisotopic (exact) mass is 592 g/mol. The van der Waals surface area contributed by atoms with Crippen LogP contribution in [0.2, 0.25) is 0 Å². The molecule has 1 unspecified atom stereocenters. The van der Waals surface area contributed by atoms with Crippen LogP contribution in [0.15, 0.2) is 36.5 Å². The van der Waals surface area contributed by atoms with Gasteiger partial charge in [-0.15, -0.1) is 0 Å². The molecular weight excluding hydrogens is 528 g/mol. The van der Waals surface area contributed by atoms with Crippen molar-refractivity contribution in [1.82, 2.24) is 0 Å². The summed E-state index contributed by atoms with van der Waals surface area (Å²) >= 11 is 0. The summed E-state index contributed by atoms with van der Waals surface area (Å²) in [5, 5.41) is 20.0. The molecule has 0 rings (SSSR count). The highest BCUT2D eigenvalue weighted by molar-refractivity contribution is 5.69. The number of rotatable bonds is 30. The standard InChI is InChI=1S/C36H64O6/c1-3-5-7-9-11-13-15-16-17-18-20-22-24-27-33(37)28-26-30-36(40)42-32-34(38)31-41-35(39)29-25-23-21-19-14-12-10-8-6-4-2/h16-17,20,22,24,27,33-34,37-38H,3-15,18-19,21,23,25-26,28-32H2,1-2H3/b17-16+,22-20+,27-24+/t33?,34-/m0/s1. The number of hydrogen-bond acceptors (Lipinski definition) is 6. The van der Waals surface area contributed by atoms with E-state index in [1.807, 2.05) is 12.2 Å². The van der Waals surface area contributed by atoms with Crippen molar-refractivity contribution < 1.29 is 29.3 Å². The number of unbranched alkanes of at least 4 members (excludes halogenated alkanes) is 15. The van der Waals surface area contributed by atoms with Crippen LogP contribution < -0.4 is 0 Å². The summed E-state index contributed by atoms with van der Waals surface area (Å²) in [5.74, 6) is -0.758. The van der Waals surface area contributed by atoms with E-state index in [1.165, 1.54) is 83.5 Å². The Bertz CT molecular complexity index is 699. The summed E-state index contributed by atoms with van der Waals surface area (Å²) in [4.78, 5) is 23.8. The van der Waals surface area contributed by atoms with Crippen molar-refractivity contribution in [3.63, 3.8) is 0 Å². The maximum Gasteiger partial charge on any atom is 0.305 e. The van der Waals surface area contributed by atoms with E-state index in [1.54, 1.807) is 6.08 Å². The van der Waals surface area contributed by atoms with Crippen LogP contribution in [0.1, 0.15) is 155 Å². The summed E-state index contributed by atoms with van der Waals surface area (Å²) in [7, 11) is 0. The molecular formula is C36H64O6. The summed E-state index contributed by atoms with van der Waals surface area (Å²) in [5.41, 5.74) is 0. The topological polar surface area (TPSA) is 93.1 Å². The minimum atomic E-state index is -1.03. The SMILES string of the molecule is CCCCCCCC/C=C/C/C=C/C=C/C(O)CCCC(=O)OC[C@@H](O)COC(=O)CCCCCCCCCCCC. The average molecular weight is 593 g/mol. The highest BCUT2D eigenvalue weighted by atomic mass is 16.6. The number of carbonyl (C=O) groups is 2. The first-order valence-corrected chi connectivity index (χ1v) is 17.1. The van der Waals surface area contributed by atoms with E-state index < -0.39 is 18.2 Å². The van der Waals surface area contributed by atoms with Gasteiger partial charge in [-0.1, -0.05) is 140 Å². The Balaban J connectivity index is 3.67. The lowest BCUT2D eigenvalue weighted by Crippen LogP contribution is -2.25. The van der Waals surface area contributed by atoms with Gasteiger partial charge in [-0.25, -0.2) is 0 Å². The smallest absolute Gasteiger partial charge is 0.305 e. The Kier molecular flexibility index (Phi) is 30.5. The van der Waals surface area contributed by atoms with E-state index in [2.05, 4.69) is 32.1 Å². The summed E-state index contributed by atoms with van der Waals surface area (Å²) < 4.78 is 10.2. The Labute approximate surface area is 258 Å². The first-order valence-electron chi connectivity index (χ1n) is 17.1. The molecule has 244 valence electrons. The molecule has 0 aromatic rings. The van der Waals surface area contributed by atoms with Crippen molar-refractivity contribution in [2.45, 2.75) is 167 Å². The van der Waals surface area contributed by atoms with Crippen molar-refractivity contribution in [3.8, 4) is 0 Å². The summed E-state index contributed by atoms with van der Waals surface area (Å²) in [6.45, 7) is 4.10. The van der Waals surface area contributed by atoms with Crippen LogP contribution in [0.25, 0.3) is 0 Å². The predicted molar refractivity (Wildman–Crippen MR) is 174 cm³/mol. The number of aliphatic hydroxyl groups is 2. The first-order chi connectivity index (χ1) is 20.5. The van der Waals surface area contributed by atoms with Crippen molar-refractivity contribution >= 4 is 11.9 Å². The molecule has 2 N–H and O–H groups in total. The zero-order valence-electron chi connectivity index (χ0n) is 27.1. The van der Waals surface area contributed by atoms with Crippen molar-refractivity contribution in [2.75, 3.05) is 13.2 Å². The number of allylic oxidation sites excluding steroid dienone is 5. The van der Waals surface area contributed by atoms with E-state index >= 15 is 0 Å². The maximum atomic E-state index is 11.9. The van der Waals surface area contributed by atoms with Crippen LogP contribution in [0.5, 0.6) is 0 Å². The second-order valence-corrected chi connectivity index (χ2v) is 11.5. The largest absolute Gasteiger partial charge is 0.463 e. The molecule has 0 saturated heterocycles. The van der Waals surface area contributed by atoms with Gasteiger partial charge >= 0.3 is 11.9 Å². The third-order valence-corrected chi connectivity index (χ3v) is 7.23. The quantitative estimate of drug-likeness (QED) is 0.0374. The molecule has 0 heterocycles. The van der Waals surface area contributed by atoms with Gasteiger partial charge in [0.05, 0.1) is 6.10 Å². The third-order valence-electron chi connectivity index (χ3n) is 7.23.